The molecule has 0 spiro atoms. The quantitative estimate of drug-likeness (QED) is 0.756. The molecular weight excluding hydrogens is 311 g/mol. The van der Waals surface area contributed by atoms with Crippen molar-refractivity contribution in [3.05, 3.63) is 47.1 Å². The highest BCUT2D eigenvalue weighted by Crippen LogP contribution is 2.33. The van der Waals surface area contributed by atoms with E-state index < -0.39 is 11.9 Å². The molecule has 3 rings (SSSR count). The molecule has 7 heteroatoms. The Morgan fingerprint density at radius 2 is 2.05 bits per heavy atom. The number of para-hydroxylation sites is 1. The van der Waals surface area contributed by atoms with Crippen molar-refractivity contribution in [3.63, 3.8) is 0 Å². The fourth-order valence-electron chi connectivity index (χ4n) is 2.32. The van der Waals surface area contributed by atoms with E-state index in [4.69, 9.17) is 0 Å². The minimum Gasteiger partial charge on any atom is -0.361 e. The number of halogens is 3. The number of aromatic nitrogens is 2. The third-order valence-electron chi connectivity index (χ3n) is 3.47. The maximum absolute atomic E-state index is 12.7. The lowest BCUT2D eigenvalue weighted by Gasteiger charge is -2.19. The molecule has 0 aliphatic heterocycles. The highest BCUT2D eigenvalue weighted by molar-refractivity contribution is 7.13. The van der Waals surface area contributed by atoms with Crippen LogP contribution in [-0.4, -0.2) is 16.5 Å². The van der Waals surface area contributed by atoms with E-state index in [9.17, 15) is 13.2 Å². The first-order chi connectivity index (χ1) is 10.5. The Hall–Kier alpha value is -2.02. The molecule has 116 valence electrons. The van der Waals surface area contributed by atoms with Crippen molar-refractivity contribution >= 4 is 27.4 Å². The number of fused-ring (bicyclic) bond motifs is 1. The largest absolute Gasteiger partial charge is 0.434 e. The molecule has 22 heavy (non-hydrogen) atoms. The first-order valence-corrected chi connectivity index (χ1v) is 7.69. The van der Waals surface area contributed by atoms with Gasteiger partial charge >= 0.3 is 6.18 Å². The van der Waals surface area contributed by atoms with Gasteiger partial charge < -0.3 is 9.88 Å². The molecule has 1 N–H and O–H groups in total. The van der Waals surface area contributed by atoms with Crippen molar-refractivity contribution in [1.29, 1.82) is 0 Å². The van der Waals surface area contributed by atoms with Crippen molar-refractivity contribution in [2.45, 2.75) is 19.6 Å². The lowest BCUT2D eigenvalue weighted by Crippen LogP contribution is -2.22. The summed E-state index contributed by atoms with van der Waals surface area (Å²) < 4.78 is 38.0. The number of hydrogen-bond donors (Lipinski definition) is 1. The van der Waals surface area contributed by atoms with Gasteiger partial charge in [-0.2, -0.15) is 13.2 Å². The van der Waals surface area contributed by atoms with Crippen LogP contribution in [0.4, 0.5) is 18.3 Å². The van der Waals surface area contributed by atoms with Crippen molar-refractivity contribution in [2.24, 2.45) is 0 Å². The lowest BCUT2D eigenvalue weighted by atomic mass is 10.1. The summed E-state index contributed by atoms with van der Waals surface area (Å²) in [6.07, 6.45) is -2.50. The summed E-state index contributed by atoms with van der Waals surface area (Å²) >= 11 is 1.02. The molecule has 0 fully saturated rings. The van der Waals surface area contributed by atoms with Crippen LogP contribution >= 0.6 is 11.3 Å². The van der Waals surface area contributed by atoms with Crippen LogP contribution in [0.25, 0.3) is 10.9 Å². The fourth-order valence-corrected chi connectivity index (χ4v) is 3.22. The van der Waals surface area contributed by atoms with E-state index in [1.165, 1.54) is 0 Å². The monoisotopic (exact) mass is 325 g/mol. The second-order valence-electron chi connectivity index (χ2n) is 4.89. The normalized spacial score (nSPS) is 12.0. The summed E-state index contributed by atoms with van der Waals surface area (Å²) in [6.45, 7) is 3.01. The Bertz CT molecular complexity index is 776. The molecule has 0 unspecified atom stereocenters. The van der Waals surface area contributed by atoms with Gasteiger partial charge in [-0.25, -0.2) is 4.98 Å². The van der Waals surface area contributed by atoms with E-state index >= 15 is 0 Å². The second kappa shape index (κ2) is 5.64. The van der Waals surface area contributed by atoms with Crippen molar-refractivity contribution in [2.75, 3.05) is 11.4 Å². The Labute approximate surface area is 129 Å². The predicted molar refractivity (Wildman–Crippen MR) is 82.1 cm³/mol. The van der Waals surface area contributed by atoms with Crippen LogP contribution in [-0.2, 0) is 12.7 Å². The van der Waals surface area contributed by atoms with Gasteiger partial charge in [0.2, 0.25) is 0 Å². The van der Waals surface area contributed by atoms with Crippen LogP contribution in [0.5, 0.6) is 0 Å². The SMILES string of the molecule is CCN(Cc1c[nH]c2ccccc12)c1nc(C(F)(F)F)cs1. The standard InChI is InChI=1S/C15H14F3N3S/c1-2-21(14-20-13(9-22-14)15(16,17)18)8-10-7-19-12-6-4-3-5-11(10)12/h3-7,9,19H,2,8H2,1H3. The van der Waals surface area contributed by atoms with Crippen LogP contribution in [0.1, 0.15) is 18.2 Å². The molecule has 0 saturated heterocycles. The smallest absolute Gasteiger partial charge is 0.361 e. The zero-order valence-electron chi connectivity index (χ0n) is 11.8. The van der Waals surface area contributed by atoms with Gasteiger partial charge in [-0.05, 0) is 18.6 Å². The van der Waals surface area contributed by atoms with E-state index in [0.29, 0.717) is 18.2 Å². The second-order valence-corrected chi connectivity index (χ2v) is 5.72. The van der Waals surface area contributed by atoms with Crippen LogP contribution in [0.15, 0.2) is 35.8 Å². The molecule has 0 aliphatic carbocycles. The maximum Gasteiger partial charge on any atom is 0.434 e. The molecule has 3 aromatic rings. The molecular formula is C15H14F3N3S. The molecule has 3 nitrogen and oxygen atoms in total. The summed E-state index contributed by atoms with van der Waals surface area (Å²) in [5.74, 6) is 0. The zero-order chi connectivity index (χ0) is 15.7. The molecule has 0 radical (unpaired) electrons. The summed E-state index contributed by atoms with van der Waals surface area (Å²) in [5, 5.41) is 2.53. The molecule has 2 heterocycles. The molecule has 1 aromatic carbocycles. The van der Waals surface area contributed by atoms with E-state index in [1.807, 2.05) is 42.3 Å². The summed E-state index contributed by atoms with van der Waals surface area (Å²) in [7, 11) is 0. The number of H-pyrrole nitrogens is 1. The molecule has 0 bridgehead atoms. The van der Waals surface area contributed by atoms with Crippen LogP contribution in [0, 0.1) is 0 Å². The van der Waals surface area contributed by atoms with Gasteiger partial charge in [0.05, 0.1) is 0 Å². The van der Waals surface area contributed by atoms with Crippen LogP contribution < -0.4 is 4.90 Å². The zero-order valence-corrected chi connectivity index (χ0v) is 12.6. The number of rotatable bonds is 4. The number of nitrogens with zero attached hydrogens (tertiary/aromatic N) is 2. The fraction of sp³-hybridized carbons (Fsp3) is 0.267. The molecule has 2 aromatic heterocycles. The summed E-state index contributed by atoms with van der Waals surface area (Å²) in [4.78, 5) is 8.74. The molecule has 0 amide bonds. The average Bonchev–Trinajstić information content (AvgIpc) is 3.11. The maximum atomic E-state index is 12.7. The van der Waals surface area contributed by atoms with E-state index in [2.05, 4.69) is 9.97 Å². The van der Waals surface area contributed by atoms with Gasteiger partial charge in [-0.15, -0.1) is 11.3 Å². The van der Waals surface area contributed by atoms with Crippen molar-refractivity contribution in [1.82, 2.24) is 9.97 Å². The third-order valence-corrected chi connectivity index (χ3v) is 4.37. The van der Waals surface area contributed by atoms with Gasteiger partial charge in [-0.3, -0.25) is 0 Å². The van der Waals surface area contributed by atoms with Gasteiger partial charge in [0.1, 0.15) is 0 Å². The lowest BCUT2D eigenvalue weighted by molar-refractivity contribution is -0.140. The number of benzene rings is 1. The number of alkyl halides is 3. The van der Waals surface area contributed by atoms with Crippen molar-refractivity contribution in [3.8, 4) is 0 Å². The highest BCUT2D eigenvalue weighted by atomic mass is 32.1. The Kier molecular flexibility index (Phi) is 3.82. The van der Waals surface area contributed by atoms with E-state index in [1.54, 1.807) is 0 Å². The van der Waals surface area contributed by atoms with Crippen molar-refractivity contribution < 1.29 is 13.2 Å². The Morgan fingerprint density at radius 3 is 2.73 bits per heavy atom. The summed E-state index contributed by atoms with van der Waals surface area (Å²) in [5.41, 5.74) is 1.23. The van der Waals surface area contributed by atoms with E-state index in [-0.39, 0.29) is 0 Å². The average molecular weight is 325 g/mol. The van der Waals surface area contributed by atoms with Gasteiger partial charge in [0.15, 0.2) is 10.8 Å². The molecule has 0 saturated carbocycles. The third kappa shape index (κ3) is 2.81. The Balaban J connectivity index is 1.87. The summed E-state index contributed by atoms with van der Waals surface area (Å²) in [6, 6.07) is 7.86. The van der Waals surface area contributed by atoms with Crippen LogP contribution in [0.2, 0.25) is 0 Å². The van der Waals surface area contributed by atoms with Gasteiger partial charge in [0, 0.05) is 35.6 Å². The Morgan fingerprint density at radius 1 is 1.27 bits per heavy atom. The number of thiazole rings is 1. The van der Waals surface area contributed by atoms with Gasteiger partial charge in [0.25, 0.3) is 0 Å². The molecule has 0 aliphatic rings. The number of nitrogens with one attached hydrogen (secondary N) is 1. The topological polar surface area (TPSA) is 31.9 Å². The highest BCUT2D eigenvalue weighted by Gasteiger charge is 2.34. The number of hydrogen-bond acceptors (Lipinski definition) is 3. The van der Waals surface area contributed by atoms with E-state index in [0.717, 1.165) is 33.2 Å². The minimum absolute atomic E-state index is 0.389. The first-order valence-electron chi connectivity index (χ1n) is 6.81. The predicted octanol–water partition coefficient (Wildman–Crippen LogP) is 4.67. The minimum atomic E-state index is -4.39. The number of aromatic amines is 1. The van der Waals surface area contributed by atoms with Crippen LogP contribution in [0.3, 0.4) is 0 Å². The molecule has 0 atom stereocenters. The first kappa shape index (κ1) is 14.9. The van der Waals surface area contributed by atoms with Gasteiger partial charge in [-0.1, -0.05) is 18.2 Å². The number of anilines is 1.